The molecule has 1 aliphatic heterocycles. The molecule has 158 valence electrons. The van der Waals surface area contributed by atoms with Gasteiger partial charge < -0.3 is 23.9 Å². The van der Waals surface area contributed by atoms with Crippen molar-refractivity contribution in [1.29, 1.82) is 0 Å². The van der Waals surface area contributed by atoms with Gasteiger partial charge in [-0.15, -0.1) is 10.2 Å². The van der Waals surface area contributed by atoms with E-state index in [0.29, 0.717) is 18.2 Å². The van der Waals surface area contributed by atoms with Crippen LogP contribution in [0.25, 0.3) is 11.5 Å². The Kier molecular flexibility index (Phi) is 6.46. The van der Waals surface area contributed by atoms with Crippen molar-refractivity contribution in [2.24, 2.45) is 0 Å². The molecule has 3 aromatic rings. The molecule has 0 saturated carbocycles. The zero-order valence-corrected chi connectivity index (χ0v) is 17.0. The predicted octanol–water partition coefficient (Wildman–Crippen LogP) is 2.31. The number of aromatic nitrogens is 2. The van der Waals surface area contributed by atoms with Crippen LogP contribution in [0.2, 0.25) is 0 Å². The molecule has 30 heavy (non-hydrogen) atoms. The van der Waals surface area contributed by atoms with Gasteiger partial charge in [0.25, 0.3) is 0 Å². The fraction of sp³-hybridized carbons (Fsp3) is 0.364. The lowest BCUT2D eigenvalue weighted by Crippen LogP contribution is -2.49. The molecule has 8 nitrogen and oxygen atoms in total. The molecule has 8 heteroatoms. The van der Waals surface area contributed by atoms with Crippen LogP contribution in [0.1, 0.15) is 0 Å². The minimum absolute atomic E-state index is 0.226. The van der Waals surface area contributed by atoms with Gasteiger partial charge >= 0.3 is 0 Å². The number of ether oxygens (including phenoxy) is 2. The lowest BCUT2D eigenvalue weighted by molar-refractivity contribution is 0.0663. The molecule has 0 spiro atoms. The molecule has 1 aliphatic rings. The highest BCUT2D eigenvalue weighted by Crippen LogP contribution is 2.23. The minimum Gasteiger partial charge on any atom is -0.497 e. The predicted molar refractivity (Wildman–Crippen MR) is 113 cm³/mol. The first-order chi connectivity index (χ1) is 14.7. The van der Waals surface area contributed by atoms with Gasteiger partial charge in [-0.05, 0) is 30.3 Å². The Morgan fingerprint density at radius 3 is 2.63 bits per heavy atom. The highest BCUT2D eigenvalue weighted by atomic mass is 16.5. The average molecular weight is 410 g/mol. The molecule has 1 N–H and O–H groups in total. The van der Waals surface area contributed by atoms with E-state index in [2.05, 4.69) is 32.1 Å². The van der Waals surface area contributed by atoms with Crippen molar-refractivity contribution in [2.45, 2.75) is 6.10 Å². The van der Waals surface area contributed by atoms with E-state index in [1.54, 1.807) is 7.11 Å². The number of β-amino-alcohol motifs (C(OH)–C–C–N with tert-alkyl or cyclic N) is 1. The van der Waals surface area contributed by atoms with E-state index in [0.717, 1.165) is 37.5 Å². The van der Waals surface area contributed by atoms with Gasteiger partial charge in [0, 0.05) is 50.0 Å². The monoisotopic (exact) mass is 410 g/mol. The first-order valence-corrected chi connectivity index (χ1v) is 10.00. The summed E-state index contributed by atoms with van der Waals surface area (Å²) in [6, 6.07) is 15.5. The summed E-state index contributed by atoms with van der Waals surface area (Å²) in [4.78, 5) is 4.60. The van der Waals surface area contributed by atoms with Crippen LogP contribution in [0, 0.1) is 0 Å². The van der Waals surface area contributed by atoms with Crippen LogP contribution in [0.4, 0.5) is 5.69 Å². The molecule has 0 aliphatic carbocycles. The van der Waals surface area contributed by atoms with E-state index in [-0.39, 0.29) is 6.61 Å². The van der Waals surface area contributed by atoms with Crippen molar-refractivity contribution in [2.75, 3.05) is 51.3 Å². The number of aliphatic hydroxyl groups is 1. The molecule has 1 aromatic heterocycles. The zero-order chi connectivity index (χ0) is 20.8. The third kappa shape index (κ3) is 5.08. The molecular formula is C22H26N4O4. The molecule has 0 amide bonds. The van der Waals surface area contributed by atoms with Gasteiger partial charge in [0.2, 0.25) is 12.3 Å². The van der Waals surface area contributed by atoms with Gasteiger partial charge in [-0.1, -0.05) is 12.1 Å². The number of benzene rings is 2. The fourth-order valence-corrected chi connectivity index (χ4v) is 3.56. The van der Waals surface area contributed by atoms with Crippen molar-refractivity contribution in [1.82, 2.24) is 15.1 Å². The largest absolute Gasteiger partial charge is 0.497 e. The van der Waals surface area contributed by atoms with E-state index >= 15 is 0 Å². The second-order valence-electron chi connectivity index (χ2n) is 7.23. The Morgan fingerprint density at radius 1 is 1.07 bits per heavy atom. The molecule has 0 radical (unpaired) electrons. The number of hydrogen-bond acceptors (Lipinski definition) is 8. The maximum absolute atomic E-state index is 10.4. The van der Waals surface area contributed by atoms with Gasteiger partial charge in [0.15, 0.2) is 0 Å². The Bertz CT molecular complexity index is 926. The smallest absolute Gasteiger partial charge is 0.247 e. The molecule has 0 bridgehead atoms. The topological polar surface area (TPSA) is 84.1 Å². The van der Waals surface area contributed by atoms with E-state index in [4.69, 9.17) is 13.9 Å². The van der Waals surface area contributed by atoms with E-state index in [9.17, 15) is 5.11 Å². The van der Waals surface area contributed by atoms with Crippen LogP contribution in [0.15, 0.2) is 59.3 Å². The van der Waals surface area contributed by atoms with Crippen molar-refractivity contribution in [3.8, 4) is 23.0 Å². The summed E-state index contributed by atoms with van der Waals surface area (Å²) >= 11 is 0. The van der Waals surface area contributed by atoms with Crippen molar-refractivity contribution < 1.29 is 19.0 Å². The highest BCUT2D eigenvalue weighted by molar-refractivity contribution is 5.55. The molecule has 1 saturated heterocycles. The Hall–Kier alpha value is -3.10. The standard InChI is InChI=1S/C22H26N4O4/c1-28-20-6-3-5-18(13-20)26-10-8-25(9-11-26)14-19(27)15-29-21-7-2-4-17(12-21)22-24-23-16-30-22/h2-7,12-13,16,19,27H,8-11,14-15H2,1H3. The van der Waals surface area contributed by atoms with Crippen LogP contribution in [-0.4, -0.2) is 72.7 Å². The summed E-state index contributed by atoms with van der Waals surface area (Å²) < 4.78 is 16.3. The maximum Gasteiger partial charge on any atom is 0.247 e. The molecule has 1 atom stereocenters. The van der Waals surface area contributed by atoms with Gasteiger partial charge in [-0.2, -0.15) is 0 Å². The lowest BCUT2D eigenvalue weighted by atomic mass is 10.2. The SMILES string of the molecule is COc1cccc(N2CCN(CC(O)COc3cccc(-c4nnco4)c3)CC2)c1. The van der Waals surface area contributed by atoms with Crippen molar-refractivity contribution in [3.05, 3.63) is 54.9 Å². The fourth-order valence-electron chi connectivity index (χ4n) is 3.56. The Balaban J connectivity index is 1.23. The molecule has 1 fully saturated rings. The molecule has 1 unspecified atom stereocenters. The minimum atomic E-state index is -0.569. The van der Waals surface area contributed by atoms with Gasteiger partial charge in [-0.25, -0.2) is 0 Å². The van der Waals surface area contributed by atoms with E-state index < -0.39 is 6.10 Å². The lowest BCUT2D eigenvalue weighted by Gasteiger charge is -2.37. The summed E-state index contributed by atoms with van der Waals surface area (Å²) in [6.45, 7) is 4.40. The first kappa shape index (κ1) is 20.2. The van der Waals surface area contributed by atoms with Crippen LogP contribution in [-0.2, 0) is 0 Å². The number of nitrogens with zero attached hydrogens (tertiary/aromatic N) is 4. The number of anilines is 1. The second kappa shape index (κ2) is 9.60. The van der Waals surface area contributed by atoms with Crippen molar-refractivity contribution in [3.63, 3.8) is 0 Å². The van der Waals surface area contributed by atoms with Crippen LogP contribution in [0.3, 0.4) is 0 Å². The maximum atomic E-state index is 10.4. The average Bonchev–Trinajstić information content (AvgIpc) is 3.34. The third-order valence-corrected chi connectivity index (χ3v) is 5.14. The van der Waals surface area contributed by atoms with Crippen molar-refractivity contribution >= 4 is 5.69 Å². The van der Waals surface area contributed by atoms with Gasteiger partial charge in [-0.3, -0.25) is 4.90 Å². The number of piperazine rings is 1. The van der Waals surface area contributed by atoms with Crippen LogP contribution in [0.5, 0.6) is 11.5 Å². The highest BCUT2D eigenvalue weighted by Gasteiger charge is 2.20. The number of methoxy groups -OCH3 is 1. The number of hydrogen-bond donors (Lipinski definition) is 1. The molecule has 4 rings (SSSR count). The van der Waals surface area contributed by atoms with E-state index in [1.165, 1.54) is 12.1 Å². The summed E-state index contributed by atoms with van der Waals surface area (Å²) in [6.07, 6.45) is 0.723. The van der Waals surface area contributed by atoms with Gasteiger partial charge in [0.05, 0.1) is 7.11 Å². The number of aliphatic hydroxyl groups excluding tert-OH is 1. The third-order valence-electron chi connectivity index (χ3n) is 5.14. The van der Waals surface area contributed by atoms with Gasteiger partial charge in [0.1, 0.15) is 24.2 Å². The second-order valence-corrected chi connectivity index (χ2v) is 7.23. The quantitative estimate of drug-likeness (QED) is 0.606. The summed E-state index contributed by atoms with van der Waals surface area (Å²) in [5.74, 6) is 1.97. The zero-order valence-electron chi connectivity index (χ0n) is 17.0. The number of rotatable bonds is 8. The first-order valence-electron chi connectivity index (χ1n) is 10.00. The molecule has 2 heterocycles. The van der Waals surface area contributed by atoms with Crippen LogP contribution < -0.4 is 14.4 Å². The van der Waals surface area contributed by atoms with E-state index in [1.807, 2.05) is 36.4 Å². The molecule has 2 aromatic carbocycles. The van der Waals surface area contributed by atoms with Crippen LogP contribution >= 0.6 is 0 Å². The Labute approximate surface area is 175 Å². The summed E-state index contributed by atoms with van der Waals surface area (Å²) in [5.41, 5.74) is 1.95. The molecular weight excluding hydrogens is 384 g/mol. The Morgan fingerprint density at radius 2 is 1.87 bits per heavy atom. The summed E-state index contributed by atoms with van der Waals surface area (Å²) in [5, 5.41) is 18.0. The normalized spacial score (nSPS) is 15.7. The summed E-state index contributed by atoms with van der Waals surface area (Å²) in [7, 11) is 1.68.